The number of pyridine rings is 1. The van der Waals surface area contributed by atoms with Crippen molar-refractivity contribution in [2.24, 2.45) is 5.92 Å². The van der Waals surface area contributed by atoms with E-state index in [1.165, 1.54) is 6.42 Å². The Hall–Kier alpha value is -1.62. The Balaban J connectivity index is 1.97. The zero-order valence-electron chi connectivity index (χ0n) is 13.3. The molecule has 1 saturated heterocycles. The highest BCUT2D eigenvalue weighted by molar-refractivity contribution is 5.94. The van der Waals surface area contributed by atoms with Crippen LogP contribution in [0.2, 0.25) is 0 Å². The summed E-state index contributed by atoms with van der Waals surface area (Å²) in [5.74, 6) is 0.697. The Kier molecular flexibility index (Phi) is 5.56. The average Bonchev–Trinajstić information content (AvgIpc) is 2.46. The molecule has 0 radical (unpaired) electrons. The predicted octanol–water partition coefficient (Wildman–Crippen LogP) is 1.93. The molecular formula is C16H26N4O. The van der Waals surface area contributed by atoms with Gasteiger partial charge in [0.05, 0.1) is 11.3 Å². The van der Waals surface area contributed by atoms with Crippen molar-refractivity contribution in [2.75, 3.05) is 45.6 Å². The first-order valence-electron chi connectivity index (χ1n) is 7.69. The molecule has 1 aliphatic rings. The fraction of sp³-hybridized carbons (Fsp3) is 0.625. The number of likely N-dealkylation sites (tertiary alicyclic amines) is 1. The summed E-state index contributed by atoms with van der Waals surface area (Å²) < 4.78 is 0. The first-order chi connectivity index (χ1) is 10.1. The number of aromatic nitrogens is 1. The zero-order chi connectivity index (χ0) is 15.2. The van der Waals surface area contributed by atoms with Gasteiger partial charge in [0.15, 0.2) is 0 Å². The van der Waals surface area contributed by atoms with Gasteiger partial charge in [-0.3, -0.25) is 9.78 Å². The second kappa shape index (κ2) is 7.41. The minimum Gasteiger partial charge on any atom is -0.382 e. The lowest BCUT2D eigenvalue weighted by atomic mass is 10.00. The molecule has 116 valence electrons. The number of carbonyl (C=O) groups excluding carboxylic acids is 1. The number of nitrogens with zero attached hydrogens (tertiary/aromatic N) is 3. The van der Waals surface area contributed by atoms with Crippen molar-refractivity contribution in [1.29, 1.82) is 0 Å². The summed E-state index contributed by atoms with van der Waals surface area (Å²) in [5, 5.41) is 3.31. The molecule has 2 rings (SSSR count). The number of rotatable bonds is 5. The number of anilines is 1. The first kappa shape index (κ1) is 15.8. The van der Waals surface area contributed by atoms with Crippen LogP contribution in [-0.4, -0.2) is 61.0 Å². The molecule has 0 aliphatic carbocycles. The quantitative estimate of drug-likeness (QED) is 0.900. The summed E-state index contributed by atoms with van der Waals surface area (Å²) in [6.45, 7) is 5.71. The standard InChI is InChI=1S/C16H26N4O/c1-13-5-4-7-20(12-13)16(21)14-9-15(11-17-10-14)18-6-8-19(2)3/h9-11,13,18H,4-8,12H2,1-3H3. The second-order valence-electron chi connectivity index (χ2n) is 6.19. The van der Waals surface area contributed by atoms with Crippen molar-refractivity contribution in [1.82, 2.24) is 14.8 Å². The molecule has 1 aromatic rings. The van der Waals surface area contributed by atoms with E-state index in [1.54, 1.807) is 12.4 Å². The molecule has 0 aromatic carbocycles. The monoisotopic (exact) mass is 290 g/mol. The fourth-order valence-corrected chi connectivity index (χ4v) is 2.63. The minimum atomic E-state index is 0.102. The number of carbonyl (C=O) groups is 1. The lowest BCUT2D eigenvalue weighted by Gasteiger charge is -2.31. The lowest BCUT2D eigenvalue weighted by Crippen LogP contribution is -2.39. The number of amides is 1. The number of likely N-dealkylation sites (N-methyl/N-ethyl adjacent to an activating group) is 1. The van der Waals surface area contributed by atoms with Gasteiger partial charge in [-0.15, -0.1) is 0 Å². The molecule has 1 fully saturated rings. The van der Waals surface area contributed by atoms with Crippen LogP contribution in [0, 0.1) is 5.92 Å². The predicted molar refractivity (Wildman–Crippen MR) is 85.6 cm³/mol. The van der Waals surface area contributed by atoms with Crippen molar-refractivity contribution in [3.05, 3.63) is 24.0 Å². The van der Waals surface area contributed by atoms with Crippen LogP contribution in [-0.2, 0) is 0 Å². The highest BCUT2D eigenvalue weighted by Crippen LogP contribution is 2.18. The second-order valence-corrected chi connectivity index (χ2v) is 6.19. The molecular weight excluding hydrogens is 264 g/mol. The van der Waals surface area contributed by atoms with Crippen LogP contribution < -0.4 is 5.32 Å². The maximum atomic E-state index is 12.5. The highest BCUT2D eigenvalue weighted by atomic mass is 16.2. The van der Waals surface area contributed by atoms with Crippen LogP contribution in [0.4, 0.5) is 5.69 Å². The van der Waals surface area contributed by atoms with Crippen molar-refractivity contribution in [3.8, 4) is 0 Å². The molecule has 1 aliphatic heterocycles. The first-order valence-corrected chi connectivity index (χ1v) is 7.69. The van der Waals surface area contributed by atoms with Gasteiger partial charge in [-0.1, -0.05) is 6.92 Å². The van der Waals surface area contributed by atoms with E-state index in [-0.39, 0.29) is 5.91 Å². The van der Waals surface area contributed by atoms with Crippen LogP contribution in [0.25, 0.3) is 0 Å². The van der Waals surface area contributed by atoms with Crippen molar-refractivity contribution in [3.63, 3.8) is 0 Å². The Bertz CT molecular complexity index is 475. The Morgan fingerprint density at radius 3 is 3.00 bits per heavy atom. The van der Waals surface area contributed by atoms with E-state index in [9.17, 15) is 4.79 Å². The van der Waals surface area contributed by atoms with E-state index < -0.39 is 0 Å². The highest BCUT2D eigenvalue weighted by Gasteiger charge is 2.22. The van der Waals surface area contributed by atoms with Gasteiger partial charge in [-0.2, -0.15) is 0 Å². The number of nitrogens with one attached hydrogen (secondary N) is 1. The minimum absolute atomic E-state index is 0.102. The van der Waals surface area contributed by atoms with Gasteiger partial charge in [0, 0.05) is 38.6 Å². The molecule has 1 amide bonds. The average molecular weight is 290 g/mol. The molecule has 1 atom stereocenters. The maximum absolute atomic E-state index is 12.5. The lowest BCUT2D eigenvalue weighted by molar-refractivity contribution is 0.0682. The van der Waals surface area contributed by atoms with Crippen LogP contribution in [0.1, 0.15) is 30.1 Å². The van der Waals surface area contributed by atoms with Gasteiger partial charge in [0.1, 0.15) is 0 Å². The molecule has 0 bridgehead atoms. The number of hydrogen-bond donors (Lipinski definition) is 1. The summed E-state index contributed by atoms with van der Waals surface area (Å²) in [4.78, 5) is 20.8. The van der Waals surface area contributed by atoms with Crippen LogP contribution in [0.3, 0.4) is 0 Å². The molecule has 2 heterocycles. The van der Waals surface area contributed by atoms with E-state index >= 15 is 0 Å². The van der Waals surface area contributed by atoms with Crippen LogP contribution in [0.15, 0.2) is 18.5 Å². The largest absolute Gasteiger partial charge is 0.382 e. The molecule has 5 heteroatoms. The Morgan fingerprint density at radius 1 is 1.48 bits per heavy atom. The maximum Gasteiger partial charge on any atom is 0.255 e. The Labute approximate surface area is 127 Å². The third-order valence-electron chi connectivity index (χ3n) is 3.82. The summed E-state index contributed by atoms with van der Waals surface area (Å²) in [5.41, 5.74) is 1.59. The summed E-state index contributed by atoms with van der Waals surface area (Å²) >= 11 is 0. The topological polar surface area (TPSA) is 48.5 Å². The van der Waals surface area contributed by atoms with Gasteiger partial charge in [0.2, 0.25) is 0 Å². The third-order valence-corrected chi connectivity index (χ3v) is 3.82. The SMILES string of the molecule is CC1CCCN(C(=O)c2cncc(NCCN(C)C)c2)C1. The summed E-state index contributed by atoms with van der Waals surface area (Å²) in [6, 6.07) is 1.91. The van der Waals surface area contributed by atoms with E-state index in [0.717, 1.165) is 38.3 Å². The molecule has 1 aromatic heterocycles. The molecule has 5 nitrogen and oxygen atoms in total. The fourth-order valence-electron chi connectivity index (χ4n) is 2.63. The smallest absolute Gasteiger partial charge is 0.255 e. The van der Waals surface area contributed by atoms with Gasteiger partial charge < -0.3 is 15.1 Å². The van der Waals surface area contributed by atoms with Gasteiger partial charge in [-0.25, -0.2) is 0 Å². The Morgan fingerprint density at radius 2 is 2.29 bits per heavy atom. The van der Waals surface area contributed by atoms with Crippen molar-refractivity contribution < 1.29 is 4.79 Å². The summed E-state index contributed by atoms with van der Waals surface area (Å²) in [7, 11) is 4.08. The van der Waals surface area contributed by atoms with Crippen LogP contribution >= 0.6 is 0 Å². The van der Waals surface area contributed by atoms with E-state index in [4.69, 9.17) is 0 Å². The molecule has 0 spiro atoms. The van der Waals surface area contributed by atoms with Gasteiger partial charge in [-0.05, 0) is 38.9 Å². The van der Waals surface area contributed by atoms with Gasteiger partial charge >= 0.3 is 0 Å². The van der Waals surface area contributed by atoms with E-state index in [2.05, 4.69) is 22.1 Å². The zero-order valence-corrected chi connectivity index (χ0v) is 13.3. The van der Waals surface area contributed by atoms with Gasteiger partial charge in [0.25, 0.3) is 5.91 Å². The molecule has 21 heavy (non-hydrogen) atoms. The third kappa shape index (κ3) is 4.70. The summed E-state index contributed by atoms with van der Waals surface area (Å²) in [6.07, 6.45) is 5.75. The van der Waals surface area contributed by atoms with E-state index in [0.29, 0.717) is 11.5 Å². The number of piperidine rings is 1. The molecule has 1 unspecified atom stereocenters. The van der Waals surface area contributed by atoms with Crippen LogP contribution in [0.5, 0.6) is 0 Å². The molecule has 1 N–H and O–H groups in total. The van der Waals surface area contributed by atoms with Crippen molar-refractivity contribution in [2.45, 2.75) is 19.8 Å². The normalized spacial score (nSPS) is 18.9. The van der Waals surface area contributed by atoms with Crippen molar-refractivity contribution >= 4 is 11.6 Å². The number of hydrogen-bond acceptors (Lipinski definition) is 4. The van der Waals surface area contributed by atoms with E-state index in [1.807, 2.05) is 25.1 Å². The molecule has 0 saturated carbocycles.